The molecule has 0 saturated carbocycles. The third kappa shape index (κ3) is 3.72. The Kier molecular flexibility index (Phi) is 5.08. The van der Waals surface area contributed by atoms with Crippen LogP contribution in [0.2, 0.25) is 0 Å². The number of aromatic nitrogens is 2. The Morgan fingerprint density at radius 2 is 2.17 bits per heavy atom. The van der Waals surface area contributed by atoms with Gasteiger partial charge in [0.1, 0.15) is 0 Å². The number of carbonyl (C=O) groups excluding carboxylic acids is 1. The normalized spacial score (nSPS) is 10.8. The minimum absolute atomic E-state index is 0.0202. The van der Waals surface area contributed by atoms with Gasteiger partial charge in [-0.3, -0.25) is 4.79 Å². The fourth-order valence-electron chi connectivity index (χ4n) is 2.47. The van der Waals surface area contributed by atoms with Gasteiger partial charge in [-0.15, -0.1) is 11.3 Å². The van der Waals surface area contributed by atoms with E-state index < -0.39 is 0 Å². The number of methoxy groups -OCH3 is 1. The topological polar surface area (TPSA) is 47.4 Å². The van der Waals surface area contributed by atoms with Crippen LogP contribution in [0.15, 0.2) is 54.9 Å². The van der Waals surface area contributed by atoms with E-state index in [0.29, 0.717) is 13.2 Å². The summed E-state index contributed by atoms with van der Waals surface area (Å²) in [7, 11) is 3.47. The average Bonchev–Trinajstić information content (AvgIpc) is 3.26. The highest BCUT2D eigenvalue weighted by atomic mass is 32.1. The second kappa shape index (κ2) is 7.42. The van der Waals surface area contributed by atoms with Crippen molar-refractivity contribution in [2.45, 2.75) is 13.2 Å². The Balaban J connectivity index is 1.70. The molecule has 0 fully saturated rings. The van der Waals surface area contributed by atoms with E-state index in [2.05, 4.69) is 5.10 Å². The van der Waals surface area contributed by atoms with E-state index in [-0.39, 0.29) is 5.91 Å². The van der Waals surface area contributed by atoms with Crippen molar-refractivity contribution in [1.29, 1.82) is 0 Å². The molecule has 5 nitrogen and oxygen atoms in total. The molecule has 0 aliphatic rings. The zero-order valence-electron chi connectivity index (χ0n) is 13.7. The number of hydrogen-bond acceptors (Lipinski definition) is 4. The summed E-state index contributed by atoms with van der Waals surface area (Å²) in [5, 5.41) is 4.24. The van der Waals surface area contributed by atoms with Crippen LogP contribution < -0.4 is 0 Å². The summed E-state index contributed by atoms with van der Waals surface area (Å²) >= 11 is 1.48. The maximum absolute atomic E-state index is 12.6. The molecule has 0 saturated heterocycles. The number of amides is 1. The van der Waals surface area contributed by atoms with Gasteiger partial charge in [-0.25, -0.2) is 4.68 Å². The summed E-state index contributed by atoms with van der Waals surface area (Å²) in [5.41, 5.74) is 2.05. The van der Waals surface area contributed by atoms with Crippen LogP contribution in [0.4, 0.5) is 0 Å². The van der Waals surface area contributed by atoms with Crippen LogP contribution in [0.1, 0.15) is 20.1 Å². The molecule has 0 aliphatic carbocycles. The van der Waals surface area contributed by atoms with Crippen LogP contribution in [0, 0.1) is 0 Å². The molecule has 0 unspecified atom stereocenters. The summed E-state index contributed by atoms with van der Waals surface area (Å²) in [6.45, 7) is 1.08. The van der Waals surface area contributed by atoms with Crippen LogP contribution in [-0.2, 0) is 17.9 Å². The average molecular weight is 341 g/mol. The lowest BCUT2D eigenvalue weighted by molar-refractivity contribution is 0.0790. The van der Waals surface area contributed by atoms with E-state index in [9.17, 15) is 4.79 Å². The molecule has 24 heavy (non-hydrogen) atoms. The Bertz CT molecular complexity index is 811. The maximum atomic E-state index is 12.6. The predicted octanol–water partition coefficient (Wildman–Crippen LogP) is 3.35. The van der Waals surface area contributed by atoms with Gasteiger partial charge in [-0.05, 0) is 35.9 Å². The van der Waals surface area contributed by atoms with Crippen molar-refractivity contribution >= 4 is 17.2 Å². The van der Waals surface area contributed by atoms with E-state index in [4.69, 9.17) is 4.74 Å². The maximum Gasteiger partial charge on any atom is 0.263 e. The van der Waals surface area contributed by atoms with Crippen LogP contribution in [0.25, 0.3) is 5.69 Å². The summed E-state index contributed by atoms with van der Waals surface area (Å²) in [6, 6.07) is 13.7. The van der Waals surface area contributed by atoms with Gasteiger partial charge in [-0.1, -0.05) is 12.1 Å². The molecule has 3 rings (SSSR count). The van der Waals surface area contributed by atoms with Crippen LogP contribution in [0.5, 0.6) is 0 Å². The monoisotopic (exact) mass is 341 g/mol. The molecule has 0 radical (unpaired) electrons. The molecule has 0 spiro atoms. The standard InChI is InChI=1S/C18H19N3O2S/c1-20(18(22)17-8-7-16(24-17)13-23-2)12-14-5-3-6-15(11-14)21-10-4-9-19-21/h3-11H,12-13H2,1-2H3. The largest absolute Gasteiger partial charge is 0.379 e. The van der Waals surface area contributed by atoms with Gasteiger partial charge >= 0.3 is 0 Å². The Morgan fingerprint density at radius 1 is 1.29 bits per heavy atom. The number of ether oxygens (including phenoxy) is 1. The van der Waals surface area contributed by atoms with Gasteiger partial charge in [0.2, 0.25) is 0 Å². The number of nitrogens with zero attached hydrogens (tertiary/aromatic N) is 3. The van der Waals surface area contributed by atoms with E-state index in [1.165, 1.54) is 11.3 Å². The van der Waals surface area contributed by atoms with Crippen LogP contribution in [0.3, 0.4) is 0 Å². The van der Waals surface area contributed by atoms with Crippen molar-refractivity contribution in [2.24, 2.45) is 0 Å². The smallest absolute Gasteiger partial charge is 0.263 e. The highest BCUT2D eigenvalue weighted by molar-refractivity contribution is 7.14. The molecule has 0 N–H and O–H groups in total. The zero-order chi connectivity index (χ0) is 16.9. The molecule has 1 aromatic carbocycles. The van der Waals surface area contributed by atoms with Gasteiger partial charge in [0, 0.05) is 38.0 Å². The zero-order valence-corrected chi connectivity index (χ0v) is 14.5. The molecular formula is C18H19N3O2S. The van der Waals surface area contributed by atoms with E-state index in [1.54, 1.807) is 18.2 Å². The first kappa shape index (κ1) is 16.4. The Labute approximate surface area is 145 Å². The minimum Gasteiger partial charge on any atom is -0.379 e. The van der Waals surface area contributed by atoms with Gasteiger partial charge in [0.05, 0.1) is 17.2 Å². The second-order valence-electron chi connectivity index (χ2n) is 5.48. The first-order valence-electron chi connectivity index (χ1n) is 7.59. The summed E-state index contributed by atoms with van der Waals surface area (Å²) in [6.07, 6.45) is 3.65. The third-order valence-electron chi connectivity index (χ3n) is 3.60. The van der Waals surface area contributed by atoms with Gasteiger partial charge in [0.25, 0.3) is 5.91 Å². The number of carbonyl (C=O) groups is 1. The number of thiophene rings is 1. The molecule has 0 atom stereocenters. The van der Waals surface area contributed by atoms with Gasteiger partial charge in [-0.2, -0.15) is 5.10 Å². The first-order valence-corrected chi connectivity index (χ1v) is 8.41. The molecule has 124 valence electrons. The van der Waals surface area contributed by atoms with Crippen LogP contribution in [-0.4, -0.2) is 34.7 Å². The number of benzene rings is 1. The molecule has 2 aromatic heterocycles. The molecule has 0 aliphatic heterocycles. The highest BCUT2D eigenvalue weighted by Crippen LogP contribution is 2.20. The van der Waals surface area contributed by atoms with Gasteiger partial charge in [0.15, 0.2) is 0 Å². The van der Waals surface area contributed by atoms with Crippen molar-refractivity contribution < 1.29 is 9.53 Å². The SMILES string of the molecule is COCc1ccc(C(=O)N(C)Cc2cccc(-n3cccn3)c2)s1. The predicted molar refractivity (Wildman–Crippen MR) is 94.4 cm³/mol. The quantitative estimate of drug-likeness (QED) is 0.691. The highest BCUT2D eigenvalue weighted by Gasteiger charge is 2.15. The fraction of sp³-hybridized carbons (Fsp3) is 0.222. The van der Waals surface area contributed by atoms with Gasteiger partial charge < -0.3 is 9.64 Å². The Hall–Kier alpha value is -2.44. The molecule has 3 aromatic rings. The van der Waals surface area contributed by atoms with Crippen molar-refractivity contribution in [1.82, 2.24) is 14.7 Å². The van der Waals surface area contributed by atoms with Crippen molar-refractivity contribution in [3.8, 4) is 5.69 Å². The first-order chi connectivity index (χ1) is 11.7. The third-order valence-corrected chi connectivity index (χ3v) is 4.65. The van der Waals surface area contributed by atoms with E-state index in [0.717, 1.165) is 21.0 Å². The molecule has 0 bridgehead atoms. The summed E-state index contributed by atoms with van der Waals surface area (Å²) < 4.78 is 6.91. The number of rotatable bonds is 6. The minimum atomic E-state index is 0.0202. The number of hydrogen-bond donors (Lipinski definition) is 0. The fourth-order valence-corrected chi connectivity index (χ4v) is 3.44. The van der Waals surface area contributed by atoms with Crippen molar-refractivity contribution in [2.75, 3.05) is 14.2 Å². The lowest BCUT2D eigenvalue weighted by Gasteiger charge is -2.17. The van der Waals surface area contributed by atoms with Crippen molar-refractivity contribution in [3.05, 3.63) is 70.2 Å². The molecular weight excluding hydrogens is 322 g/mol. The van der Waals surface area contributed by atoms with E-state index >= 15 is 0 Å². The lowest BCUT2D eigenvalue weighted by atomic mass is 10.2. The second-order valence-corrected chi connectivity index (χ2v) is 6.65. The summed E-state index contributed by atoms with van der Waals surface area (Å²) in [4.78, 5) is 16.1. The lowest BCUT2D eigenvalue weighted by Crippen LogP contribution is -2.25. The summed E-state index contributed by atoms with van der Waals surface area (Å²) in [5.74, 6) is 0.0202. The van der Waals surface area contributed by atoms with E-state index in [1.807, 2.05) is 60.4 Å². The molecule has 2 heterocycles. The van der Waals surface area contributed by atoms with Crippen molar-refractivity contribution in [3.63, 3.8) is 0 Å². The van der Waals surface area contributed by atoms with Crippen LogP contribution >= 0.6 is 11.3 Å². The molecule has 6 heteroatoms. The molecule has 1 amide bonds. The Morgan fingerprint density at radius 3 is 2.92 bits per heavy atom.